The molecule has 10 heteroatoms. The van der Waals surface area contributed by atoms with Gasteiger partial charge in [0.05, 0.1) is 23.2 Å². The molecule has 2 fully saturated rings. The number of aryl methyl sites for hydroxylation is 1. The highest BCUT2D eigenvalue weighted by atomic mass is 35.5. The van der Waals surface area contributed by atoms with Crippen LogP contribution in [0.2, 0.25) is 5.02 Å². The molecule has 0 aromatic heterocycles. The molecule has 0 saturated carbocycles. The van der Waals surface area contributed by atoms with Crippen LogP contribution in [0.5, 0.6) is 0 Å². The summed E-state index contributed by atoms with van der Waals surface area (Å²) >= 11 is 5.59. The van der Waals surface area contributed by atoms with Crippen molar-refractivity contribution < 1.29 is 27.6 Å². The van der Waals surface area contributed by atoms with Crippen LogP contribution in [-0.2, 0) is 22.2 Å². The Balaban J connectivity index is 1.58. The Hall–Kier alpha value is -2.29. The average molecular weight is 404 g/mol. The first kappa shape index (κ1) is 19.5. The first-order valence-corrected chi connectivity index (χ1v) is 8.78. The van der Waals surface area contributed by atoms with Crippen LogP contribution < -0.4 is 5.32 Å². The number of amides is 4. The third kappa shape index (κ3) is 4.18. The Kier molecular flexibility index (Phi) is 5.32. The molecule has 6 nitrogen and oxygen atoms in total. The molecule has 0 aliphatic carbocycles. The van der Waals surface area contributed by atoms with Gasteiger partial charge in [0.15, 0.2) is 0 Å². The Morgan fingerprint density at radius 1 is 1.30 bits per heavy atom. The predicted molar refractivity (Wildman–Crippen MR) is 90.0 cm³/mol. The first-order chi connectivity index (χ1) is 12.7. The van der Waals surface area contributed by atoms with Crippen LogP contribution in [-0.4, -0.2) is 53.3 Å². The minimum absolute atomic E-state index is 0.0335. The number of alkyl halides is 3. The van der Waals surface area contributed by atoms with Gasteiger partial charge in [-0.05, 0) is 30.5 Å². The van der Waals surface area contributed by atoms with E-state index in [1.807, 2.05) is 0 Å². The van der Waals surface area contributed by atoms with Crippen LogP contribution in [0.3, 0.4) is 0 Å². The normalized spacial score (nSPS) is 20.4. The molecule has 1 aromatic rings. The number of nitrogens with one attached hydrogen (secondary N) is 1. The average Bonchev–Trinajstić information content (AvgIpc) is 3.19. The molecule has 146 valence electrons. The van der Waals surface area contributed by atoms with Crippen molar-refractivity contribution in [3.05, 3.63) is 34.3 Å². The summed E-state index contributed by atoms with van der Waals surface area (Å²) in [6, 6.07) is 2.77. The van der Waals surface area contributed by atoms with E-state index in [4.69, 9.17) is 11.6 Å². The molecule has 4 amide bonds. The summed E-state index contributed by atoms with van der Waals surface area (Å²) in [7, 11) is 0. The Morgan fingerprint density at radius 3 is 2.67 bits per heavy atom. The molecule has 1 unspecified atom stereocenters. The SMILES string of the molecule is O=C(CCc1ccc(Cl)c(C(F)(F)F)c1)N1CCC(N2C(=O)CNC2=O)C1. The molecular weight excluding hydrogens is 387 g/mol. The van der Waals surface area contributed by atoms with E-state index in [2.05, 4.69) is 5.32 Å². The van der Waals surface area contributed by atoms with Gasteiger partial charge in [0.2, 0.25) is 11.8 Å². The number of carbonyl (C=O) groups is 3. The quantitative estimate of drug-likeness (QED) is 0.785. The van der Waals surface area contributed by atoms with Gasteiger partial charge >= 0.3 is 12.2 Å². The minimum Gasteiger partial charge on any atom is -0.341 e. The van der Waals surface area contributed by atoms with E-state index in [0.29, 0.717) is 18.5 Å². The van der Waals surface area contributed by atoms with Crippen molar-refractivity contribution in [3.8, 4) is 0 Å². The second kappa shape index (κ2) is 7.38. The number of rotatable bonds is 4. The number of likely N-dealkylation sites (tertiary alicyclic amines) is 1. The van der Waals surface area contributed by atoms with Crippen molar-refractivity contribution in [1.82, 2.24) is 15.1 Å². The molecule has 2 heterocycles. The number of hydrogen-bond donors (Lipinski definition) is 1. The van der Waals surface area contributed by atoms with Gasteiger partial charge in [-0.25, -0.2) is 4.79 Å². The van der Waals surface area contributed by atoms with E-state index in [-0.39, 0.29) is 48.8 Å². The maximum Gasteiger partial charge on any atom is 0.417 e. The van der Waals surface area contributed by atoms with Gasteiger partial charge in [-0.15, -0.1) is 0 Å². The van der Waals surface area contributed by atoms with Gasteiger partial charge in [-0.2, -0.15) is 13.2 Å². The number of urea groups is 1. The van der Waals surface area contributed by atoms with Crippen molar-refractivity contribution in [2.24, 2.45) is 0 Å². The summed E-state index contributed by atoms with van der Waals surface area (Å²) in [5.74, 6) is -0.548. The van der Waals surface area contributed by atoms with Gasteiger partial charge in [0, 0.05) is 19.5 Å². The molecule has 2 saturated heterocycles. The smallest absolute Gasteiger partial charge is 0.341 e. The van der Waals surface area contributed by atoms with Crippen LogP contribution in [0.15, 0.2) is 18.2 Å². The Labute approximate surface area is 158 Å². The van der Waals surface area contributed by atoms with Crippen LogP contribution in [0, 0.1) is 0 Å². The minimum atomic E-state index is -4.55. The van der Waals surface area contributed by atoms with Crippen LogP contribution in [0.25, 0.3) is 0 Å². The number of hydrogen-bond acceptors (Lipinski definition) is 3. The zero-order valence-electron chi connectivity index (χ0n) is 14.2. The standard InChI is InChI=1S/C17H17ClF3N3O3/c18-13-3-1-10(7-12(13)17(19,20)21)2-4-14(25)23-6-5-11(9-23)24-15(26)8-22-16(24)27/h1,3,7,11H,2,4-6,8-9H2,(H,22,27). The molecule has 1 N–H and O–H groups in total. The number of nitrogens with zero attached hydrogens (tertiary/aromatic N) is 2. The summed E-state index contributed by atoms with van der Waals surface area (Å²) in [4.78, 5) is 38.5. The van der Waals surface area contributed by atoms with Gasteiger partial charge in [0.25, 0.3) is 0 Å². The molecule has 1 aromatic carbocycles. The van der Waals surface area contributed by atoms with Crippen LogP contribution >= 0.6 is 11.6 Å². The fraction of sp³-hybridized carbons (Fsp3) is 0.471. The highest BCUT2D eigenvalue weighted by molar-refractivity contribution is 6.31. The Bertz CT molecular complexity index is 768. The molecule has 1 atom stereocenters. The lowest BCUT2D eigenvalue weighted by molar-refractivity contribution is -0.137. The largest absolute Gasteiger partial charge is 0.417 e. The lowest BCUT2D eigenvalue weighted by atomic mass is 10.1. The number of benzene rings is 1. The van der Waals surface area contributed by atoms with E-state index >= 15 is 0 Å². The zero-order chi connectivity index (χ0) is 19.8. The third-order valence-corrected chi connectivity index (χ3v) is 5.05. The highest BCUT2D eigenvalue weighted by Crippen LogP contribution is 2.35. The van der Waals surface area contributed by atoms with E-state index in [0.717, 1.165) is 11.0 Å². The molecular formula is C17H17ClF3N3O3. The number of imide groups is 1. The van der Waals surface area contributed by atoms with E-state index < -0.39 is 17.8 Å². The third-order valence-electron chi connectivity index (χ3n) is 4.72. The van der Waals surface area contributed by atoms with Gasteiger partial charge < -0.3 is 10.2 Å². The fourth-order valence-corrected chi connectivity index (χ4v) is 3.56. The van der Waals surface area contributed by atoms with Gasteiger partial charge in [-0.1, -0.05) is 17.7 Å². The summed E-state index contributed by atoms with van der Waals surface area (Å²) in [6.07, 6.45) is -3.89. The van der Waals surface area contributed by atoms with E-state index in [1.165, 1.54) is 17.0 Å². The molecule has 2 aliphatic rings. The van der Waals surface area contributed by atoms with Crippen molar-refractivity contribution in [3.63, 3.8) is 0 Å². The highest BCUT2D eigenvalue weighted by Gasteiger charge is 2.39. The van der Waals surface area contributed by atoms with Crippen LogP contribution in [0.4, 0.5) is 18.0 Å². The monoisotopic (exact) mass is 403 g/mol. The molecule has 0 bridgehead atoms. The molecule has 2 aliphatic heterocycles. The van der Waals surface area contributed by atoms with Crippen molar-refractivity contribution in [2.45, 2.75) is 31.5 Å². The van der Waals surface area contributed by atoms with Crippen molar-refractivity contribution >= 4 is 29.4 Å². The van der Waals surface area contributed by atoms with E-state index in [9.17, 15) is 27.6 Å². The summed E-state index contributed by atoms with van der Waals surface area (Å²) < 4.78 is 38.7. The predicted octanol–water partition coefficient (Wildman–Crippen LogP) is 2.44. The lowest BCUT2D eigenvalue weighted by Crippen LogP contribution is -2.42. The van der Waals surface area contributed by atoms with Gasteiger partial charge in [-0.3, -0.25) is 14.5 Å². The Morgan fingerprint density at radius 2 is 2.04 bits per heavy atom. The summed E-state index contributed by atoms with van der Waals surface area (Å²) in [5, 5.41) is 2.06. The van der Waals surface area contributed by atoms with Crippen molar-refractivity contribution in [2.75, 3.05) is 19.6 Å². The summed E-state index contributed by atoms with van der Waals surface area (Å²) in [6.45, 7) is 0.600. The number of halogens is 4. The second-order valence-electron chi connectivity index (χ2n) is 6.52. The maximum atomic E-state index is 12.9. The molecule has 0 spiro atoms. The molecule has 0 radical (unpaired) electrons. The molecule has 3 rings (SSSR count). The van der Waals surface area contributed by atoms with Crippen LogP contribution in [0.1, 0.15) is 24.0 Å². The fourth-order valence-electron chi connectivity index (χ4n) is 3.34. The van der Waals surface area contributed by atoms with Gasteiger partial charge in [0.1, 0.15) is 0 Å². The number of carbonyl (C=O) groups excluding carboxylic acids is 3. The maximum absolute atomic E-state index is 12.9. The summed E-state index contributed by atoms with van der Waals surface area (Å²) in [5.41, 5.74) is -0.557. The molecule has 27 heavy (non-hydrogen) atoms. The first-order valence-electron chi connectivity index (χ1n) is 8.40. The van der Waals surface area contributed by atoms with Crippen molar-refractivity contribution in [1.29, 1.82) is 0 Å². The lowest BCUT2D eigenvalue weighted by Gasteiger charge is -2.21. The second-order valence-corrected chi connectivity index (χ2v) is 6.92. The zero-order valence-corrected chi connectivity index (χ0v) is 14.9. The topological polar surface area (TPSA) is 69.7 Å². The van der Waals surface area contributed by atoms with E-state index in [1.54, 1.807) is 0 Å².